The van der Waals surface area contributed by atoms with Crippen LogP contribution in [0.4, 0.5) is 0 Å². The van der Waals surface area contributed by atoms with Crippen LogP contribution in [0.25, 0.3) is 10.9 Å². The van der Waals surface area contributed by atoms with Gasteiger partial charge in [-0.1, -0.05) is 18.2 Å². The van der Waals surface area contributed by atoms with Crippen LogP contribution in [0.3, 0.4) is 0 Å². The van der Waals surface area contributed by atoms with Gasteiger partial charge in [0.15, 0.2) is 0 Å². The van der Waals surface area contributed by atoms with Crippen molar-refractivity contribution in [3.8, 4) is 0 Å². The van der Waals surface area contributed by atoms with Gasteiger partial charge >= 0.3 is 0 Å². The average molecular weight is 265 g/mol. The van der Waals surface area contributed by atoms with Gasteiger partial charge in [-0.3, -0.25) is 4.98 Å². The zero-order chi connectivity index (χ0) is 13.9. The zero-order valence-corrected chi connectivity index (χ0v) is 11.9. The molecule has 2 heterocycles. The smallest absolute Gasteiger partial charge is 0.0705 e. The Morgan fingerprint density at radius 1 is 1.20 bits per heavy atom. The van der Waals surface area contributed by atoms with Crippen LogP contribution in [0.15, 0.2) is 55.0 Å². The molecule has 2 aromatic heterocycles. The maximum Gasteiger partial charge on any atom is 0.0705 e. The van der Waals surface area contributed by atoms with E-state index in [1.165, 1.54) is 16.5 Å². The molecule has 0 fully saturated rings. The van der Waals surface area contributed by atoms with E-state index in [4.69, 9.17) is 0 Å². The van der Waals surface area contributed by atoms with Gasteiger partial charge in [-0.05, 0) is 43.3 Å². The number of para-hydroxylation sites is 1. The molecule has 0 spiro atoms. The first-order chi connectivity index (χ1) is 9.78. The van der Waals surface area contributed by atoms with Crippen molar-refractivity contribution in [1.29, 1.82) is 0 Å². The molecule has 0 aliphatic rings. The Labute approximate surface area is 119 Å². The van der Waals surface area contributed by atoms with Crippen LogP contribution in [-0.4, -0.2) is 16.6 Å². The lowest BCUT2D eigenvalue weighted by atomic mass is 10.1. The zero-order valence-electron chi connectivity index (χ0n) is 11.9. The second-order valence-corrected chi connectivity index (χ2v) is 5.11. The predicted molar refractivity (Wildman–Crippen MR) is 82.8 cm³/mol. The third-order valence-corrected chi connectivity index (χ3v) is 3.80. The van der Waals surface area contributed by atoms with Gasteiger partial charge in [0.2, 0.25) is 0 Å². The van der Waals surface area contributed by atoms with Gasteiger partial charge in [-0.25, -0.2) is 0 Å². The summed E-state index contributed by atoms with van der Waals surface area (Å²) in [5.74, 6) is 0. The predicted octanol–water partition coefficient (Wildman–Crippen LogP) is 3.37. The number of fused-ring (bicyclic) bond motifs is 1. The van der Waals surface area contributed by atoms with Gasteiger partial charge in [0.1, 0.15) is 0 Å². The summed E-state index contributed by atoms with van der Waals surface area (Å²) in [7, 11) is 1.98. The molecule has 1 atom stereocenters. The lowest BCUT2D eigenvalue weighted by molar-refractivity contribution is 0.649. The monoisotopic (exact) mass is 265 g/mol. The first-order valence-corrected chi connectivity index (χ1v) is 6.93. The van der Waals surface area contributed by atoms with E-state index in [1.807, 2.05) is 19.3 Å². The lowest BCUT2D eigenvalue weighted by Crippen LogP contribution is -2.11. The number of nitrogens with one attached hydrogen (secondary N) is 1. The maximum atomic E-state index is 4.41. The Bertz CT molecular complexity index is 710. The van der Waals surface area contributed by atoms with Gasteiger partial charge in [-0.2, -0.15) is 0 Å². The molecule has 0 saturated carbocycles. The van der Waals surface area contributed by atoms with Crippen LogP contribution in [-0.2, 0) is 6.54 Å². The fourth-order valence-corrected chi connectivity index (χ4v) is 2.47. The number of nitrogens with zero attached hydrogens (tertiary/aromatic N) is 2. The fraction of sp³-hybridized carbons (Fsp3) is 0.235. The minimum Gasteiger partial charge on any atom is -0.350 e. The van der Waals surface area contributed by atoms with Crippen LogP contribution in [0, 0.1) is 0 Å². The van der Waals surface area contributed by atoms with Crippen molar-refractivity contribution in [2.45, 2.75) is 19.5 Å². The number of rotatable bonds is 4. The molecule has 20 heavy (non-hydrogen) atoms. The van der Waals surface area contributed by atoms with Crippen LogP contribution in [0.2, 0.25) is 0 Å². The summed E-state index contributed by atoms with van der Waals surface area (Å²) in [6.45, 7) is 3.04. The summed E-state index contributed by atoms with van der Waals surface area (Å²) in [5.41, 5.74) is 3.67. The molecule has 3 aromatic rings. The van der Waals surface area contributed by atoms with Crippen molar-refractivity contribution < 1.29 is 0 Å². The van der Waals surface area contributed by atoms with E-state index in [0.717, 1.165) is 12.1 Å². The summed E-state index contributed by atoms with van der Waals surface area (Å²) in [6, 6.07) is 12.9. The Hall–Kier alpha value is -2.13. The van der Waals surface area contributed by atoms with E-state index in [1.54, 1.807) is 0 Å². The highest BCUT2D eigenvalue weighted by Gasteiger charge is 2.06. The van der Waals surface area contributed by atoms with Crippen LogP contribution < -0.4 is 5.32 Å². The minimum atomic E-state index is 0.380. The van der Waals surface area contributed by atoms with Crippen molar-refractivity contribution in [3.05, 3.63) is 66.1 Å². The van der Waals surface area contributed by atoms with Crippen molar-refractivity contribution in [2.24, 2.45) is 0 Å². The molecule has 0 aliphatic heterocycles. The Morgan fingerprint density at radius 3 is 2.90 bits per heavy atom. The van der Waals surface area contributed by atoms with E-state index in [2.05, 4.69) is 64.5 Å². The van der Waals surface area contributed by atoms with Crippen LogP contribution >= 0.6 is 0 Å². The quantitative estimate of drug-likeness (QED) is 0.784. The maximum absolute atomic E-state index is 4.41. The van der Waals surface area contributed by atoms with Gasteiger partial charge in [0, 0.05) is 36.6 Å². The second-order valence-electron chi connectivity index (χ2n) is 5.11. The van der Waals surface area contributed by atoms with E-state index in [9.17, 15) is 0 Å². The molecule has 0 bridgehead atoms. The van der Waals surface area contributed by atoms with Crippen molar-refractivity contribution in [3.63, 3.8) is 0 Å². The van der Waals surface area contributed by atoms with E-state index < -0.39 is 0 Å². The lowest BCUT2D eigenvalue weighted by Gasteiger charge is -2.09. The topological polar surface area (TPSA) is 29.9 Å². The summed E-state index contributed by atoms with van der Waals surface area (Å²) in [6.07, 6.45) is 6.23. The Balaban J connectivity index is 1.91. The number of hydrogen-bond donors (Lipinski definition) is 1. The van der Waals surface area contributed by atoms with E-state index in [0.29, 0.717) is 6.04 Å². The molecular weight excluding hydrogens is 246 g/mol. The number of aromatic nitrogens is 2. The van der Waals surface area contributed by atoms with Crippen molar-refractivity contribution in [1.82, 2.24) is 14.9 Å². The largest absolute Gasteiger partial charge is 0.350 e. The van der Waals surface area contributed by atoms with Crippen LogP contribution in [0.1, 0.15) is 24.1 Å². The number of pyridine rings is 1. The number of hydrogen-bond acceptors (Lipinski definition) is 2. The van der Waals surface area contributed by atoms with E-state index >= 15 is 0 Å². The molecule has 0 aliphatic carbocycles. The van der Waals surface area contributed by atoms with E-state index in [-0.39, 0.29) is 0 Å². The highest BCUT2D eigenvalue weighted by Crippen LogP contribution is 2.19. The summed E-state index contributed by atoms with van der Waals surface area (Å²) < 4.78 is 2.23. The molecule has 0 amide bonds. The molecule has 1 N–H and O–H groups in total. The molecule has 1 aromatic carbocycles. The second kappa shape index (κ2) is 5.47. The standard InChI is InChI=1S/C17H19N3/c1-13(18-2)14-8-10-20(11-14)12-15-7-9-19-17-6-4-3-5-16(15)17/h3-11,13,18H,12H2,1-2H3. The summed E-state index contributed by atoms with van der Waals surface area (Å²) in [4.78, 5) is 4.41. The number of benzene rings is 1. The Kier molecular flexibility index (Phi) is 3.52. The van der Waals surface area contributed by atoms with Gasteiger partial charge in [-0.15, -0.1) is 0 Å². The van der Waals surface area contributed by atoms with Gasteiger partial charge < -0.3 is 9.88 Å². The summed E-state index contributed by atoms with van der Waals surface area (Å²) in [5, 5.41) is 4.49. The third kappa shape index (κ3) is 2.45. The SMILES string of the molecule is CNC(C)c1ccn(Cc2ccnc3ccccc23)c1. The van der Waals surface area contributed by atoms with Crippen molar-refractivity contribution in [2.75, 3.05) is 7.05 Å². The molecule has 1 unspecified atom stereocenters. The first-order valence-electron chi connectivity index (χ1n) is 6.93. The molecule has 3 heteroatoms. The molecule has 3 nitrogen and oxygen atoms in total. The molecule has 102 valence electrons. The van der Waals surface area contributed by atoms with Crippen LogP contribution in [0.5, 0.6) is 0 Å². The molecule has 0 saturated heterocycles. The minimum absolute atomic E-state index is 0.380. The third-order valence-electron chi connectivity index (χ3n) is 3.80. The van der Waals surface area contributed by atoms with Crippen molar-refractivity contribution >= 4 is 10.9 Å². The molecule has 0 radical (unpaired) electrons. The highest BCUT2D eigenvalue weighted by molar-refractivity contribution is 5.81. The molecular formula is C17H19N3. The fourth-order valence-electron chi connectivity index (χ4n) is 2.47. The van der Waals surface area contributed by atoms with Gasteiger partial charge in [0.05, 0.1) is 5.52 Å². The Morgan fingerprint density at radius 2 is 2.05 bits per heavy atom. The summed E-state index contributed by atoms with van der Waals surface area (Å²) >= 11 is 0. The average Bonchev–Trinajstić information content (AvgIpc) is 2.95. The van der Waals surface area contributed by atoms with Gasteiger partial charge in [0.25, 0.3) is 0 Å². The first kappa shape index (κ1) is 12.9. The molecule has 3 rings (SSSR count). The normalized spacial score (nSPS) is 12.7. The highest BCUT2D eigenvalue weighted by atomic mass is 14.9.